The van der Waals surface area contributed by atoms with Gasteiger partial charge in [0.2, 0.25) is 0 Å². The molecule has 2 aliphatic carbocycles. The molecule has 0 aromatic heterocycles. The van der Waals surface area contributed by atoms with E-state index < -0.39 is 0 Å². The van der Waals surface area contributed by atoms with Crippen molar-refractivity contribution in [2.24, 2.45) is 11.8 Å². The van der Waals surface area contributed by atoms with Gasteiger partial charge in [0.05, 0.1) is 12.7 Å². The van der Waals surface area contributed by atoms with E-state index in [1.54, 1.807) is 7.11 Å². The Labute approximate surface area is 116 Å². The van der Waals surface area contributed by atoms with Crippen LogP contribution in [0.3, 0.4) is 0 Å². The molecule has 0 saturated heterocycles. The van der Waals surface area contributed by atoms with Gasteiger partial charge in [-0.05, 0) is 55.2 Å². The first-order chi connectivity index (χ1) is 9.33. The number of benzene rings is 1. The number of methoxy groups -OCH3 is 1. The molecule has 1 unspecified atom stereocenters. The van der Waals surface area contributed by atoms with Crippen LogP contribution in [0.4, 0.5) is 0 Å². The molecule has 0 radical (unpaired) electrons. The van der Waals surface area contributed by atoms with Crippen LogP contribution in [0.25, 0.3) is 0 Å². The predicted molar refractivity (Wildman–Crippen MR) is 76.5 cm³/mol. The third-order valence-corrected chi connectivity index (χ3v) is 4.64. The maximum atomic E-state index is 6.22. The van der Waals surface area contributed by atoms with Crippen LogP contribution in [-0.4, -0.2) is 19.8 Å². The molecule has 2 aliphatic rings. The van der Waals surface area contributed by atoms with Crippen molar-refractivity contribution in [3.05, 3.63) is 29.8 Å². The minimum atomic E-state index is 0.448. The zero-order chi connectivity index (χ0) is 13.1. The molecule has 2 saturated carbocycles. The molecule has 0 aliphatic heterocycles. The fraction of sp³-hybridized carbons (Fsp3) is 0.647. The molecule has 0 spiro atoms. The van der Waals surface area contributed by atoms with E-state index in [2.05, 4.69) is 24.3 Å². The molecule has 0 N–H and O–H groups in total. The van der Waals surface area contributed by atoms with Crippen molar-refractivity contribution in [1.82, 2.24) is 0 Å². The van der Waals surface area contributed by atoms with E-state index in [0.717, 1.165) is 30.6 Å². The van der Waals surface area contributed by atoms with E-state index in [4.69, 9.17) is 9.47 Å². The molecule has 3 atom stereocenters. The van der Waals surface area contributed by atoms with E-state index in [9.17, 15) is 0 Å². The molecule has 2 bridgehead atoms. The molecule has 0 heterocycles. The molecule has 19 heavy (non-hydrogen) atoms. The maximum Gasteiger partial charge on any atom is 0.119 e. The topological polar surface area (TPSA) is 18.5 Å². The molecule has 2 nitrogen and oxygen atoms in total. The first-order valence-electron chi connectivity index (χ1n) is 7.58. The quantitative estimate of drug-likeness (QED) is 0.801. The Morgan fingerprint density at radius 2 is 1.89 bits per heavy atom. The number of fused-ring (bicyclic) bond motifs is 2. The van der Waals surface area contributed by atoms with Crippen molar-refractivity contribution in [2.45, 2.75) is 44.6 Å². The van der Waals surface area contributed by atoms with Gasteiger partial charge in [0, 0.05) is 7.11 Å². The normalized spacial score (nSPS) is 29.4. The lowest BCUT2D eigenvalue weighted by Gasteiger charge is -2.28. The Hall–Kier alpha value is -1.02. The van der Waals surface area contributed by atoms with Crippen LogP contribution in [0, 0.1) is 11.8 Å². The molecule has 3 rings (SSSR count). The van der Waals surface area contributed by atoms with Gasteiger partial charge in [-0.1, -0.05) is 25.0 Å². The number of hydrogen-bond acceptors (Lipinski definition) is 2. The lowest BCUT2D eigenvalue weighted by atomic mass is 9.87. The predicted octanol–water partition coefficient (Wildman–Crippen LogP) is 3.83. The third-order valence-electron chi connectivity index (χ3n) is 4.64. The van der Waals surface area contributed by atoms with Crippen LogP contribution >= 0.6 is 0 Å². The zero-order valence-corrected chi connectivity index (χ0v) is 11.8. The third kappa shape index (κ3) is 3.30. The van der Waals surface area contributed by atoms with Crippen LogP contribution in [0.15, 0.2) is 24.3 Å². The van der Waals surface area contributed by atoms with E-state index in [0.29, 0.717) is 6.10 Å². The van der Waals surface area contributed by atoms with Gasteiger partial charge in [0.15, 0.2) is 0 Å². The second kappa shape index (κ2) is 5.96. The average molecular weight is 260 g/mol. The lowest BCUT2D eigenvalue weighted by Crippen LogP contribution is -2.26. The van der Waals surface area contributed by atoms with Gasteiger partial charge in [-0.2, -0.15) is 0 Å². The zero-order valence-electron chi connectivity index (χ0n) is 11.8. The minimum Gasteiger partial charge on any atom is -0.490 e. The summed E-state index contributed by atoms with van der Waals surface area (Å²) >= 11 is 0. The minimum absolute atomic E-state index is 0.448. The summed E-state index contributed by atoms with van der Waals surface area (Å²) in [7, 11) is 1.75. The highest BCUT2D eigenvalue weighted by molar-refractivity contribution is 5.29. The monoisotopic (exact) mass is 260 g/mol. The molecular formula is C17H24O2. The summed E-state index contributed by atoms with van der Waals surface area (Å²) in [6.45, 7) is 0.775. The molecule has 104 valence electrons. The SMILES string of the molecule is COCCc1cccc(OC2C[C@H]3CC[C@@H](C2)C3)c1. The fourth-order valence-corrected chi connectivity index (χ4v) is 3.73. The van der Waals surface area contributed by atoms with Crippen LogP contribution < -0.4 is 4.74 Å². The Balaban J connectivity index is 1.60. The fourth-order valence-electron chi connectivity index (χ4n) is 3.73. The summed E-state index contributed by atoms with van der Waals surface area (Å²) < 4.78 is 11.3. The van der Waals surface area contributed by atoms with Crippen molar-refractivity contribution in [1.29, 1.82) is 0 Å². The highest BCUT2D eigenvalue weighted by Gasteiger charge is 2.34. The van der Waals surface area contributed by atoms with Gasteiger partial charge in [-0.25, -0.2) is 0 Å². The van der Waals surface area contributed by atoms with Crippen molar-refractivity contribution >= 4 is 0 Å². The molecule has 1 aromatic carbocycles. The summed E-state index contributed by atoms with van der Waals surface area (Å²) in [4.78, 5) is 0. The van der Waals surface area contributed by atoms with Gasteiger partial charge in [-0.15, -0.1) is 0 Å². The first kappa shape index (κ1) is 13.0. The van der Waals surface area contributed by atoms with Crippen LogP contribution in [0.5, 0.6) is 5.75 Å². The van der Waals surface area contributed by atoms with E-state index in [1.807, 2.05) is 0 Å². The molecule has 0 amide bonds. The Bertz CT molecular complexity index is 403. The highest BCUT2D eigenvalue weighted by atomic mass is 16.5. The summed E-state index contributed by atoms with van der Waals surface area (Å²) in [5.41, 5.74) is 1.30. The highest BCUT2D eigenvalue weighted by Crippen LogP contribution is 2.43. The number of ether oxygens (including phenoxy) is 2. The Kier molecular flexibility index (Phi) is 4.07. The summed E-state index contributed by atoms with van der Waals surface area (Å²) in [5.74, 6) is 2.90. The van der Waals surface area contributed by atoms with E-state index in [1.165, 1.54) is 37.7 Å². The lowest BCUT2D eigenvalue weighted by molar-refractivity contribution is 0.118. The van der Waals surface area contributed by atoms with Crippen LogP contribution in [-0.2, 0) is 11.2 Å². The van der Waals surface area contributed by atoms with Gasteiger partial charge >= 0.3 is 0 Å². The molecule has 2 fully saturated rings. The van der Waals surface area contributed by atoms with Crippen LogP contribution in [0.2, 0.25) is 0 Å². The van der Waals surface area contributed by atoms with Crippen molar-refractivity contribution in [3.63, 3.8) is 0 Å². The standard InChI is InChI=1S/C17H24O2/c1-18-8-7-13-3-2-4-16(10-13)19-17-11-14-5-6-15(9-14)12-17/h2-4,10,14-15,17H,5-9,11-12H2,1H3/t14-,15+,17?. The van der Waals surface area contributed by atoms with E-state index in [-0.39, 0.29) is 0 Å². The van der Waals surface area contributed by atoms with Crippen molar-refractivity contribution in [2.75, 3.05) is 13.7 Å². The van der Waals surface area contributed by atoms with Gasteiger partial charge in [0.1, 0.15) is 5.75 Å². The van der Waals surface area contributed by atoms with Crippen molar-refractivity contribution < 1.29 is 9.47 Å². The first-order valence-corrected chi connectivity index (χ1v) is 7.58. The largest absolute Gasteiger partial charge is 0.490 e. The van der Waals surface area contributed by atoms with E-state index >= 15 is 0 Å². The molecule has 2 heteroatoms. The second-order valence-electron chi connectivity index (χ2n) is 6.15. The van der Waals surface area contributed by atoms with Gasteiger partial charge in [0.25, 0.3) is 0 Å². The maximum absolute atomic E-state index is 6.22. The smallest absolute Gasteiger partial charge is 0.119 e. The average Bonchev–Trinajstić information content (AvgIpc) is 2.76. The molecule has 1 aromatic rings. The molecular weight excluding hydrogens is 236 g/mol. The van der Waals surface area contributed by atoms with Gasteiger partial charge in [-0.3, -0.25) is 0 Å². The van der Waals surface area contributed by atoms with Crippen LogP contribution in [0.1, 0.15) is 37.7 Å². The van der Waals surface area contributed by atoms with Gasteiger partial charge < -0.3 is 9.47 Å². The Morgan fingerprint density at radius 1 is 1.11 bits per heavy atom. The summed E-state index contributed by atoms with van der Waals surface area (Å²) in [6, 6.07) is 8.51. The number of hydrogen-bond donors (Lipinski definition) is 0. The summed E-state index contributed by atoms with van der Waals surface area (Å²) in [5, 5.41) is 0. The second-order valence-corrected chi connectivity index (χ2v) is 6.15. The summed E-state index contributed by atoms with van der Waals surface area (Å²) in [6.07, 6.45) is 8.25. The number of rotatable bonds is 5. The van der Waals surface area contributed by atoms with Crippen molar-refractivity contribution in [3.8, 4) is 5.75 Å². The Morgan fingerprint density at radius 3 is 2.63 bits per heavy atom.